The number of hydrogen-bond donors (Lipinski definition) is 3. The van der Waals surface area contributed by atoms with Crippen LogP contribution < -0.4 is 10.6 Å². The van der Waals surface area contributed by atoms with Crippen LogP contribution in [-0.2, 0) is 4.79 Å². The Kier molecular flexibility index (Phi) is 4.59. The standard InChI is InChI=1S/C11H20N2O2.ClH/c1-11(3-2-4-11)7-13-10(15)9-5-8(14)6-12-9;/h8-9,12,14H,2-7H2,1H3,(H,13,15);1H/t8-,9+;/m0./s1. The van der Waals surface area contributed by atoms with E-state index in [-0.39, 0.29) is 30.5 Å². The van der Waals surface area contributed by atoms with E-state index >= 15 is 0 Å². The summed E-state index contributed by atoms with van der Waals surface area (Å²) in [5, 5.41) is 15.3. The average Bonchev–Trinajstić information content (AvgIpc) is 2.58. The fourth-order valence-corrected chi connectivity index (χ4v) is 2.30. The van der Waals surface area contributed by atoms with Gasteiger partial charge in [-0.3, -0.25) is 4.79 Å². The molecule has 0 unspecified atom stereocenters. The van der Waals surface area contributed by atoms with E-state index in [0.29, 0.717) is 18.4 Å². The van der Waals surface area contributed by atoms with Crippen LogP contribution in [0.5, 0.6) is 0 Å². The van der Waals surface area contributed by atoms with E-state index in [2.05, 4.69) is 17.6 Å². The molecule has 16 heavy (non-hydrogen) atoms. The Morgan fingerprint density at radius 2 is 2.25 bits per heavy atom. The van der Waals surface area contributed by atoms with Crippen LogP contribution in [0.15, 0.2) is 0 Å². The van der Waals surface area contributed by atoms with Crippen LogP contribution in [0.2, 0.25) is 0 Å². The monoisotopic (exact) mass is 248 g/mol. The molecule has 0 aromatic carbocycles. The zero-order valence-corrected chi connectivity index (χ0v) is 10.5. The zero-order valence-electron chi connectivity index (χ0n) is 9.66. The van der Waals surface area contributed by atoms with Crippen LogP contribution in [0.25, 0.3) is 0 Å². The van der Waals surface area contributed by atoms with E-state index in [9.17, 15) is 9.90 Å². The maximum Gasteiger partial charge on any atom is 0.237 e. The highest BCUT2D eigenvalue weighted by Crippen LogP contribution is 2.39. The molecule has 0 radical (unpaired) electrons. The molecule has 2 rings (SSSR count). The normalized spacial score (nSPS) is 31.4. The fourth-order valence-electron chi connectivity index (χ4n) is 2.30. The van der Waals surface area contributed by atoms with E-state index in [1.54, 1.807) is 0 Å². The topological polar surface area (TPSA) is 61.4 Å². The second kappa shape index (κ2) is 5.34. The van der Waals surface area contributed by atoms with Crippen LogP contribution in [0.4, 0.5) is 0 Å². The molecule has 0 bridgehead atoms. The van der Waals surface area contributed by atoms with Crippen molar-refractivity contribution in [2.24, 2.45) is 5.41 Å². The molecule has 0 spiro atoms. The van der Waals surface area contributed by atoms with Crippen LogP contribution in [0, 0.1) is 5.41 Å². The Balaban J connectivity index is 0.00000128. The van der Waals surface area contributed by atoms with Gasteiger partial charge in [-0.25, -0.2) is 0 Å². The highest BCUT2D eigenvalue weighted by molar-refractivity contribution is 5.85. The van der Waals surface area contributed by atoms with Crippen molar-refractivity contribution in [3.05, 3.63) is 0 Å². The van der Waals surface area contributed by atoms with Gasteiger partial charge < -0.3 is 15.7 Å². The first-order valence-electron chi connectivity index (χ1n) is 5.78. The molecular formula is C11H21ClN2O2. The number of β-amino-alcohol motifs (C(OH)–C–C–N with tert-alkyl or cyclic N) is 1. The largest absolute Gasteiger partial charge is 0.392 e. The molecule has 2 fully saturated rings. The van der Waals surface area contributed by atoms with E-state index in [4.69, 9.17) is 0 Å². The van der Waals surface area contributed by atoms with Gasteiger partial charge in [0.15, 0.2) is 0 Å². The first-order chi connectivity index (χ1) is 7.09. The number of rotatable bonds is 3. The summed E-state index contributed by atoms with van der Waals surface area (Å²) in [5.74, 6) is 0.0414. The van der Waals surface area contributed by atoms with E-state index < -0.39 is 0 Å². The van der Waals surface area contributed by atoms with Crippen LogP contribution >= 0.6 is 12.4 Å². The summed E-state index contributed by atoms with van der Waals surface area (Å²) in [6, 6.07) is -0.191. The van der Waals surface area contributed by atoms with Gasteiger partial charge in [0, 0.05) is 13.1 Å². The van der Waals surface area contributed by atoms with E-state index in [1.165, 1.54) is 19.3 Å². The van der Waals surface area contributed by atoms with Gasteiger partial charge in [0.05, 0.1) is 12.1 Å². The van der Waals surface area contributed by atoms with Gasteiger partial charge in [-0.2, -0.15) is 0 Å². The summed E-state index contributed by atoms with van der Waals surface area (Å²) in [6.07, 6.45) is 3.90. The fraction of sp³-hybridized carbons (Fsp3) is 0.909. The number of amides is 1. The zero-order chi connectivity index (χ0) is 10.9. The summed E-state index contributed by atoms with van der Waals surface area (Å²) in [7, 11) is 0. The Bertz CT molecular complexity index is 256. The number of aliphatic hydroxyl groups is 1. The third kappa shape index (κ3) is 3.09. The van der Waals surface area contributed by atoms with Gasteiger partial charge in [0.25, 0.3) is 0 Å². The van der Waals surface area contributed by atoms with E-state index in [1.807, 2.05) is 0 Å². The van der Waals surface area contributed by atoms with Gasteiger partial charge in [-0.05, 0) is 24.7 Å². The Morgan fingerprint density at radius 3 is 2.69 bits per heavy atom. The molecule has 2 atom stereocenters. The van der Waals surface area contributed by atoms with Crippen LogP contribution in [0.1, 0.15) is 32.6 Å². The Morgan fingerprint density at radius 1 is 1.56 bits per heavy atom. The number of carbonyl (C=O) groups is 1. The molecule has 1 saturated carbocycles. The molecule has 94 valence electrons. The first kappa shape index (κ1) is 13.7. The lowest BCUT2D eigenvalue weighted by molar-refractivity contribution is -0.123. The highest BCUT2D eigenvalue weighted by atomic mass is 35.5. The molecule has 0 aromatic heterocycles. The van der Waals surface area contributed by atoms with E-state index in [0.717, 1.165) is 6.54 Å². The maximum atomic E-state index is 11.7. The van der Waals surface area contributed by atoms with Crippen LogP contribution in [-0.4, -0.2) is 36.2 Å². The number of aliphatic hydroxyl groups excluding tert-OH is 1. The smallest absolute Gasteiger partial charge is 0.237 e. The Hall–Kier alpha value is -0.320. The van der Waals surface area contributed by atoms with Crippen molar-refractivity contribution in [3.63, 3.8) is 0 Å². The second-order valence-electron chi connectivity index (χ2n) is 5.23. The van der Waals surface area contributed by atoms with Crippen molar-refractivity contribution in [2.45, 2.75) is 44.8 Å². The second-order valence-corrected chi connectivity index (χ2v) is 5.23. The third-order valence-electron chi connectivity index (χ3n) is 3.67. The minimum absolute atomic E-state index is 0. The molecule has 1 amide bonds. The van der Waals surface area contributed by atoms with Gasteiger partial charge in [0.1, 0.15) is 0 Å². The lowest BCUT2D eigenvalue weighted by atomic mass is 9.70. The van der Waals surface area contributed by atoms with Crippen molar-refractivity contribution in [1.82, 2.24) is 10.6 Å². The number of hydrogen-bond acceptors (Lipinski definition) is 3. The van der Waals surface area contributed by atoms with Gasteiger partial charge in [0.2, 0.25) is 5.91 Å². The molecule has 4 nitrogen and oxygen atoms in total. The van der Waals surface area contributed by atoms with Crippen molar-refractivity contribution in [1.29, 1.82) is 0 Å². The van der Waals surface area contributed by atoms with Crippen molar-refractivity contribution in [2.75, 3.05) is 13.1 Å². The number of nitrogens with one attached hydrogen (secondary N) is 2. The predicted octanol–water partition coefficient (Wildman–Crippen LogP) is 0.437. The average molecular weight is 249 g/mol. The number of halogens is 1. The third-order valence-corrected chi connectivity index (χ3v) is 3.67. The van der Waals surface area contributed by atoms with Crippen LogP contribution in [0.3, 0.4) is 0 Å². The summed E-state index contributed by atoms with van der Waals surface area (Å²) < 4.78 is 0. The summed E-state index contributed by atoms with van der Waals surface area (Å²) in [5.41, 5.74) is 0.326. The first-order valence-corrected chi connectivity index (χ1v) is 5.78. The minimum atomic E-state index is -0.361. The van der Waals surface area contributed by atoms with Crippen molar-refractivity contribution < 1.29 is 9.90 Å². The SMILES string of the molecule is CC1(CNC(=O)[C@H]2C[C@H](O)CN2)CCC1.Cl. The molecule has 3 N–H and O–H groups in total. The van der Waals surface area contributed by atoms with Gasteiger partial charge >= 0.3 is 0 Å². The van der Waals surface area contributed by atoms with Gasteiger partial charge in [-0.15, -0.1) is 12.4 Å². The Labute approximate surface area is 103 Å². The molecule has 0 aromatic rings. The molecule has 5 heteroatoms. The lowest BCUT2D eigenvalue weighted by Crippen LogP contribution is -2.46. The molecule has 1 aliphatic carbocycles. The molecule has 1 aliphatic heterocycles. The lowest BCUT2D eigenvalue weighted by Gasteiger charge is -2.38. The van der Waals surface area contributed by atoms with Crippen molar-refractivity contribution in [3.8, 4) is 0 Å². The highest BCUT2D eigenvalue weighted by Gasteiger charge is 2.34. The molecular weight excluding hydrogens is 228 g/mol. The quantitative estimate of drug-likeness (QED) is 0.679. The van der Waals surface area contributed by atoms with Crippen molar-refractivity contribution >= 4 is 18.3 Å². The summed E-state index contributed by atoms with van der Waals surface area (Å²) in [4.78, 5) is 11.7. The summed E-state index contributed by atoms with van der Waals surface area (Å²) >= 11 is 0. The summed E-state index contributed by atoms with van der Waals surface area (Å²) in [6.45, 7) is 3.53. The minimum Gasteiger partial charge on any atom is -0.392 e. The van der Waals surface area contributed by atoms with Gasteiger partial charge in [-0.1, -0.05) is 13.3 Å². The molecule has 1 saturated heterocycles. The molecule has 2 aliphatic rings. The predicted molar refractivity (Wildman–Crippen MR) is 64.6 cm³/mol. The maximum absolute atomic E-state index is 11.7. The number of carbonyl (C=O) groups excluding carboxylic acids is 1. The molecule has 1 heterocycles.